The predicted molar refractivity (Wildman–Crippen MR) is 81.5 cm³/mol. The van der Waals surface area contributed by atoms with Crippen LogP contribution in [-0.4, -0.2) is 14.2 Å². The van der Waals surface area contributed by atoms with Crippen LogP contribution in [0.15, 0.2) is 60.7 Å². The van der Waals surface area contributed by atoms with E-state index in [0.717, 1.165) is 11.9 Å². The van der Waals surface area contributed by atoms with E-state index in [-0.39, 0.29) is 0 Å². The Hall–Kier alpha value is -1.58. The maximum Gasteiger partial charge on any atom is 0.103 e. The summed E-state index contributed by atoms with van der Waals surface area (Å²) in [6.45, 7) is 4.70. The summed E-state index contributed by atoms with van der Waals surface area (Å²) in [4.78, 5) is 0. The van der Waals surface area contributed by atoms with Gasteiger partial charge >= 0.3 is 0 Å². The van der Waals surface area contributed by atoms with E-state index in [0.29, 0.717) is 0 Å². The van der Waals surface area contributed by atoms with E-state index in [4.69, 9.17) is 5.84 Å². The number of hydrogen-bond donors (Lipinski definition) is 1. The van der Waals surface area contributed by atoms with Gasteiger partial charge in [-0.25, -0.2) is 5.84 Å². The van der Waals surface area contributed by atoms with Crippen LogP contribution in [-0.2, 0) is 0 Å². The SMILES string of the molecule is C[Si](C)(CN(N)c1ccccc1)c1ccccc1. The van der Waals surface area contributed by atoms with Gasteiger partial charge in [-0.05, 0) is 12.1 Å². The molecule has 0 unspecified atom stereocenters. The van der Waals surface area contributed by atoms with Crippen LogP contribution < -0.4 is 16.0 Å². The van der Waals surface area contributed by atoms with Gasteiger partial charge in [0.1, 0.15) is 8.07 Å². The van der Waals surface area contributed by atoms with Crippen molar-refractivity contribution in [3.05, 3.63) is 60.7 Å². The summed E-state index contributed by atoms with van der Waals surface area (Å²) >= 11 is 0. The fourth-order valence-corrected chi connectivity index (χ4v) is 4.43. The molecule has 0 fully saturated rings. The van der Waals surface area contributed by atoms with E-state index in [1.165, 1.54) is 5.19 Å². The molecule has 2 aromatic carbocycles. The lowest BCUT2D eigenvalue weighted by molar-refractivity contribution is 0.965. The van der Waals surface area contributed by atoms with E-state index in [9.17, 15) is 0 Å². The first-order valence-electron chi connectivity index (χ1n) is 6.22. The van der Waals surface area contributed by atoms with Crippen molar-refractivity contribution in [3.63, 3.8) is 0 Å². The Bertz CT molecular complexity index is 482. The van der Waals surface area contributed by atoms with Gasteiger partial charge < -0.3 is 5.01 Å². The van der Waals surface area contributed by atoms with Crippen molar-refractivity contribution in [2.75, 3.05) is 11.2 Å². The molecular weight excluding hydrogens is 236 g/mol. The van der Waals surface area contributed by atoms with Gasteiger partial charge in [-0.1, -0.05) is 66.8 Å². The summed E-state index contributed by atoms with van der Waals surface area (Å²) in [5.74, 6) is 6.19. The largest absolute Gasteiger partial charge is 0.314 e. The standard InChI is InChI=1S/C15H20N2Si/c1-18(2,15-11-7-4-8-12-15)13-17(16)14-9-5-3-6-10-14/h3-12H,13,16H2,1-2H3. The van der Waals surface area contributed by atoms with Crippen LogP contribution in [0.1, 0.15) is 0 Å². The smallest absolute Gasteiger partial charge is 0.103 e. The Labute approximate surface area is 110 Å². The highest BCUT2D eigenvalue weighted by Crippen LogP contribution is 2.13. The lowest BCUT2D eigenvalue weighted by Gasteiger charge is -2.29. The molecule has 0 aromatic heterocycles. The number of hydrazine groups is 1. The predicted octanol–water partition coefficient (Wildman–Crippen LogP) is 2.52. The minimum absolute atomic E-state index is 0.918. The second kappa shape index (κ2) is 5.37. The fourth-order valence-electron chi connectivity index (χ4n) is 2.12. The van der Waals surface area contributed by atoms with Crippen molar-refractivity contribution in [1.29, 1.82) is 0 Å². The first-order chi connectivity index (χ1) is 8.59. The van der Waals surface area contributed by atoms with Crippen molar-refractivity contribution in [1.82, 2.24) is 0 Å². The van der Waals surface area contributed by atoms with Crippen molar-refractivity contribution < 1.29 is 0 Å². The maximum atomic E-state index is 6.19. The molecule has 0 aliphatic rings. The Balaban J connectivity index is 2.14. The normalized spacial score (nSPS) is 11.3. The van der Waals surface area contributed by atoms with Gasteiger partial charge in [-0.15, -0.1) is 0 Å². The molecule has 0 aliphatic carbocycles. The quantitative estimate of drug-likeness (QED) is 0.517. The molecule has 0 saturated carbocycles. The zero-order valence-corrected chi connectivity index (χ0v) is 12.0. The number of nitrogens with zero attached hydrogens (tertiary/aromatic N) is 1. The van der Waals surface area contributed by atoms with E-state index in [1.807, 2.05) is 23.2 Å². The topological polar surface area (TPSA) is 29.3 Å². The number of anilines is 1. The second-order valence-electron chi connectivity index (χ2n) is 5.21. The van der Waals surface area contributed by atoms with E-state index in [1.54, 1.807) is 0 Å². The molecule has 0 amide bonds. The Morgan fingerprint density at radius 1 is 0.889 bits per heavy atom. The van der Waals surface area contributed by atoms with Gasteiger partial charge in [-0.3, -0.25) is 0 Å². The van der Waals surface area contributed by atoms with Crippen LogP contribution in [0.2, 0.25) is 13.1 Å². The minimum atomic E-state index is -1.52. The third-order valence-electron chi connectivity index (χ3n) is 3.21. The van der Waals surface area contributed by atoms with Gasteiger partial charge in [0.2, 0.25) is 0 Å². The summed E-state index contributed by atoms with van der Waals surface area (Å²) in [7, 11) is -1.52. The van der Waals surface area contributed by atoms with Crippen LogP contribution in [0, 0.1) is 0 Å². The molecular formula is C15H20N2Si. The molecule has 0 aliphatic heterocycles. The third kappa shape index (κ3) is 3.00. The zero-order valence-electron chi connectivity index (χ0n) is 11.0. The highest BCUT2D eigenvalue weighted by atomic mass is 28.3. The average molecular weight is 256 g/mol. The molecule has 0 radical (unpaired) electrons. The summed E-state index contributed by atoms with van der Waals surface area (Å²) < 4.78 is 0. The van der Waals surface area contributed by atoms with Crippen molar-refractivity contribution in [3.8, 4) is 0 Å². The number of para-hydroxylation sites is 1. The van der Waals surface area contributed by atoms with Crippen LogP contribution >= 0.6 is 0 Å². The van der Waals surface area contributed by atoms with Gasteiger partial charge in [0.25, 0.3) is 0 Å². The van der Waals surface area contributed by atoms with Crippen LogP contribution in [0.5, 0.6) is 0 Å². The Kier molecular flexibility index (Phi) is 3.84. The Morgan fingerprint density at radius 2 is 1.39 bits per heavy atom. The number of hydrogen-bond acceptors (Lipinski definition) is 2. The van der Waals surface area contributed by atoms with Gasteiger partial charge in [0.15, 0.2) is 0 Å². The van der Waals surface area contributed by atoms with Crippen molar-refractivity contribution in [2.24, 2.45) is 5.84 Å². The first-order valence-corrected chi connectivity index (χ1v) is 9.43. The van der Waals surface area contributed by atoms with Crippen LogP contribution in [0.3, 0.4) is 0 Å². The summed E-state index contributed by atoms with van der Waals surface area (Å²) in [6.07, 6.45) is 0.918. The molecule has 18 heavy (non-hydrogen) atoms. The number of benzene rings is 2. The zero-order chi connectivity index (χ0) is 13.0. The molecule has 94 valence electrons. The second-order valence-corrected chi connectivity index (χ2v) is 9.87. The monoisotopic (exact) mass is 256 g/mol. The number of rotatable bonds is 4. The highest BCUT2D eigenvalue weighted by molar-refractivity contribution is 6.90. The molecule has 0 saturated heterocycles. The van der Waals surface area contributed by atoms with Crippen LogP contribution in [0.4, 0.5) is 5.69 Å². The van der Waals surface area contributed by atoms with Gasteiger partial charge in [-0.2, -0.15) is 0 Å². The van der Waals surface area contributed by atoms with E-state index in [2.05, 4.69) is 55.6 Å². The highest BCUT2D eigenvalue weighted by Gasteiger charge is 2.25. The lowest BCUT2D eigenvalue weighted by Crippen LogP contribution is -2.54. The number of nitrogens with two attached hydrogens (primary N) is 1. The molecule has 0 heterocycles. The fraction of sp³-hybridized carbons (Fsp3) is 0.200. The molecule has 2 nitrogen and oxygen atoms in total. The van der Waals surface area contributed by atoms with Crippen molar-refractivity contribution >= 4 is 18.9 Å². The molecule has 0 bridgehead atoms. The summed E-state index contributed by atoms with van der Waals surface area (Å²) in [6, 6.07) is 20.9. The van der Waals surface area contributed by atoms with Crippen LogP contribution in [0.25, 0.3) is 0 Å². The summed E-state index contributed by atoms with van der Waals surface area (Å²) in [5, 5.41) is 3.32. The first kappa shape index (κ1) is 12.9. The van der Waals surface area contributed by atoms with Gasteiger partial charge in [0, 0.05) is 6.17 Å². The molecule has 3 heteroatoms. The third-order valence-corrected chi connectivity index (χ3v) is 6.24. The summed E-state index contributed by atoms with van der Waals surface area (Å²) in [5.41, 5.74) is 1.08. The minimum Gasteiger partial charge on any atom is -0.314 e. The molecule has 2 aromatic rings. The molecule has 0 atom stereocenters. The Morgan fingerprint density at radius 3 is 1.94 bits per heavy atom. The lowest BCUT2D eigenvalue weighted by atomic mass is 10.3. The molecule has 0 spiro atoms. The molecule has 2 rings (SSSR count). The maximum absolute atomic E-state index is 6.19. The van der Waals surface area contributed by atoms with Crippen molar-refractivity contribution in [2.45, 2.75) is 13.1 Å². The average Bonchev–Trinajstić information content (AvgIpc) is 2.40. The molecule has 2 N–H and O–H groups in total. The van der Waals surface area contributed by atoms with E-state index >= 15 is 0 Å². The van der Waals surface area contributed by atoms with E-state index < -0.39 is 8.07 Å². The van der Waals surface area contributed by atoms with Gasteiger partial charge in [0.05, 0.1) is 5.69 Å².